The quantitative estimate of drug-likeness (QED) is 0.788. The summed E-state index contributed by atoms with van der Waals surface area (Å²) in [5.74, 6) is -0.430. The molecule has 1 amide bonds. The summed E-state index contributed by atoms with van der Waals surface area (Å²) < 4.78 is 24.6. The minimum Gasteiger partial charge on any atom is -0.388 e. The summed E-state index contributed by atoms with van der Waals surface area (Å²) in [6.07, 6.45) is -0.857. The summed E-state index contributed by atoms with van der Waals surface area (Å²) in [6, 6.07) is 6.01. The number of carbonyl (C=O) groups excluding carboxylic acids is 1. The number of fused-ring (bicyclic) bond motifs is 1. The summed E-state index contributed by atoms with van der Waals surface area (Å²) >= 11 is 0. The number of nitrogens with zero attached hydrogens (tertiary/aromatic N) is 1. The lowest BCUT2D eigenvalue weighted by Crippen LogP contribution is -2.38. The van der Waals surface area contributed by atoms with E-state index in [0.29, 0.717) is 19.5 Å². The Morgan fingerprint density at radius 1 is 1.32 bits per heavy atom. The molecule has 0 radical (unpaired) electrons. The van der Waals surface area contributed by atoms with E-state index in [4.69, 9.17) is 9.47 Å². The van der Waals surface area contributed by atoms with E-state index < -0.39 is 6.10 Å². The van der Waals surface area contributed by atoms with Gasteiger partial charge in [0.1, 0.15) is 18.0 Å². The number of rotatable bonds is 6. The maximum atomic E-state index is 12.9. The Balaban J connectivity index is 1.43. The van der Waals surface area contributed by atoms with Crippen molar-refractivity contribution in [3.8, 4) is 0 Å². The molecular weight excluding hydrogens is 327 g/mol. The number of amides is 1. The summed E-state index contributed by atoms with van der Waals surface area (Å²) in [6.45, 7) is 0.989. The van der Waals surface area contributed by atoms with Crippen molar-refractivity contribution in [1.29, 1.82) is 0 Å². The average molecular weight is 352 g/mol. The highest BCUT2D eigenvalue weighted by Crippen LogP contribution is 2.35. The lowest BCUT2D eigenvalue weighted by molar-refractivity contribution is -0.125. The molecule has 2 N–H and O–H groups in total. The third-order valence-electron chi connectivity index (χ3n) is 4.64. The summed E-state index contributed by atoms with van der Waals surface area (Å²) in [5, 5.41) is 13.1. The van der Waals surface area contributed by atoms with Crippen LogP contribution in [0.15, 0.2) is 24.3 Å². The molecule has 2 heterocycles. The molecule has 0 spiro atoms. The first-order chi connectivity index (χ1) is 11.9. The van der Waals surface area contributed by atoms with Crippen LogP contribution in [0.5, 0.6) is 0 Å². The molecule has 2 aliphatic rings. The lowest BCUT2D eigenvalue weighted by atomic mass is 10.1. The second-order valence-corrected chi connectivity index (χ2v) is 7.03. The van der Waals surface area contributed by atoms with Gasteiger partial charge in [-0.15, -0.1) is 0 Å². The molecule has 7 heteroatoms. The summed E-state index contributed by atoms with van der Waals surface area (Å²) in [7, 11) is 3.86. The van der Waals surface area contributed by atoms with E-state index >= 15 is 0 Å². The minimum atomic E-state index is -0.667. The number of nitrogens with one attached hydrogen (secondary N) is 1. The second-order valence-electron chi connectivity index (χ2n) is 7.03. The van der Waals surface area contributed by atoms with Crippen molar-refractivity contribution in [2.45, 2.75) is 49.9 Å². The summed E-state index contributed by atoms with van der Waals surface area (Å²) in [4.78, 5) is 14.0. The predicted octanol–water partition coefficient (Wildman–Crippen LogP) is 0.679. The van der Waals surface area contributed by atoms with E-state index in [2.05, 4.69) is 5.32 Å². The molecule has 0 aromatic heterocycles. The molecule has 0 saturated carbocycles. The molecule has 1 aromatic carbocycles. The molecule has 2 fully saturated rings. The third-order valence-corrected chi connectivity index (χ3v) is 4.64. The van der Waals surface area contributed by atoms with Gasteiger partial charge >= 0.3 is 0 Å². The Labute approximate surface area is 146 Å². The number of carbonyl (C=O) groups is 1. The van der Waals surface area contributed by atoms with Gasteiger partial charge in [-0.3, -0.25) is 4.79 Å². The molecule has 25 heavy (non-hydrogen) atoms. The van der Waals surface area contributed by atoms with Gasteiger partial charge in [0.25, 0.3) is 0 Å². The van der Waals surface area contributed by atoms with E-state index in [0.717, 1.165) is 5.56 Å². The van der Waals surface area contributed by atoms with Gasteiger partial charge in [0.15, 0.2) is 0 Å². The van der Waals surface area contributed by atoms with Gasteiger partial charge in [-0.05, 0) is 31.8 Å². The molecule has 0 aliphatic carbocycles. The normalized spacial score (nSPS) is 31.3. The molecule has 0 bridgehead atoms. The van der Waals surface area contributed by atoms with Crippen LogP contribution in [0.3, 0.4) is 0 Å². The zero-order valence-electron chi connectivity index (χ0n) is 14.5. The first kappa shape index (κ1) is 18.3. The van der Waals surface area contributed by atoms with Gasteiger partial charge in [-0.1, -0.05) is 12.1 Å². The van der Waals surface area contributed by atoms with Gasteiger partial charge in [-0.25, -0.2) is 4.39 Å². The molecule has 2 aliphatic heterocycles. The number of hydrogen-bond acceptors (Lipinski definition) is 5. The van der Waals surface area contributed by atoms with Crippen LogP contribution in [-0.4, -0.2) is 67.1 Å². The Hall–Kier alpha value is -1.54. The van der Waals surface area contributed by atoms with Crippen LogP contribution in [0.2, 0.25) is 0 Å². The number of likely N-dealkylation sites (N-methyl/N-ethyl adjacent to an activating group) is 1. The first-order valence-corrected chi connectivity index (χ1v) is 8.57. The Morgan fingerprint density at radius 3 is 2.68 bits per heavy atom. The van der Waals surface area contributed by atoms with Gasteiger partial charge in [0.05, 0.1) is 24.7 Å². The van der Waals surface area contributed by atoms with Crippen LogP contribution < -0.4 is 5.32 Å². The van der Waals surface area contributed by atoms with E-state index in [1.165, 1.54) is 12.1 Å². The van der Waals surface area contributed by atoms with E-state index in [9.17, 15) is 14.3 Å². The predicted molar refractivity (Wildman–Crippen MR) is 89.4 cm³/mol. The van der Waals surface area contributed by atoms with Crippen molar-refractivity contribution in [1.82, 2.24) is 10.2 Å². The van der Waals surface area contributed by atoms with Gasteiger partial charge < -0.3 is 24.8 Å². The first-order valence-electron chi connectivity index (χ1n) is 8.57. The van der Waals surface area contributed by atoms with Crippen LogP contribution in [-0.2, 0) is 20.8 Å². The number of aliphatic hydroxyl groups is 1. The third kappa shape index (κ3) is 4.55. The zero-order chi connectivity index (χ0) is 18.0. The van der Waals surface area contributed by atoms with Crippen molar-refractivity contribution in [3.05, 3.63) is 35.6 Å². The van der Waals surface area contributed by atoms with Gasteiger partial charge in [0.2, 0.25) is 5.91 Å². The molecule has 6 nitrogen and oxygen atoms in total. The maximum absolute atomic E-state index is 12.9. The largest absolute Gasteiger partial charge is 0.388 e. The molecular formula is C18H25FN2O4. The van der Waals surface area contributed by atoms with Crippen molar-refractivity contribution in [3.63, 3.8) is 0 Å². The highest BCUT2D eigenvalue weighted by molar-refractivity contribution is 5.76. The molecule has 5 atom stereocenters. The van der Waals surface area contributed by atoms with Crippen molar-refractivity contribution < 1.29 is 23.8 Å². The Kier molecular flexibility index (Phi) is 5.68. The fourth-order valence-corrected chi connectivity index (χ4v) is 3.43. The van der Waals surface area contributed by atoms with Gasteiger partial charge in [-0.2, -0.15) is 0 Å². The standard InChI is InChI=1S/C18H25FN2O4/c1-21(2)10-15-17(23)18-14(25-15)7-13(24-18)8-16(22)20-9-11-3-5-12(19)6-4-11/h3-6,13-15,17-18,23H,7-10H2,1-2H3,(H,20,22). The van der Waals surface area contributed by atoms with E-state index in [1.807, 2.05) is 19.0 Å². The van der Waals surface area contributed by atoms with Crippen molar-refractivity contribution in [2.24, 2.45) is 0 Å². The molecule has 3 rings (SSSR count). The van der Waals surface area contributed by atoms with Crippen LogP contribution in [0, 0.1) is 5.82 Å². The monoisotopic (exact) mass is 352 g/mol. The van der Waals surface area contributed by atoms with E-state index in [-0.39, 0.29) is 42.6 Å². The SMILES string of the molecule is CN(C)CC1OC2CC(CC(=O)NCc3ccc(F)cc3)OC2C1O. The highest BCUT2D eigenvalue weighted by atomic mass is 19.1. The number of benzene rings is 1. The van der Waals surface area contributed by atoms with Crippen LogP contribution in [0.1, 0.15) is 18.4 Å². The van der Waals surface area contributed by atoms with Crippen LogP contribution in [0.4, 0.5) is 4.39 Å². The van der Waals surface area contributed by atoms with Crippen LogP contribution >= 0.6 is 0 Å². The summed E-state index contributed by atoms with van der Waals surface area (Å²) in [5.41, 5.74) is 0.837. The van der Waals surface area contributed by atoms with Crippen molar-refractivity contribution >= 4 is 5.91 Å². The second kappa shape index (κ2) is 7.78. The van der Waals surface area contributed by atoms with Crippen LogP contribution in [0.25, 0.3) is 0 Å². The van der Waals surface area contributed by atoms with Gasteiger partial charge in [0, 0.05) is 19.5 Å². The molecule has 2 saturated heterocycles. The Morgan fingerprint density at radius 2 is 2.04 bits per heavy atom. The number of hydrogen-bond donors (Lipinski definition) is 2. The van der Waals surface area contributed by atoms with E-state index in [1.54, 1.807) is 12.1 Å². The zero-order valence-corrected chi connectivity index (χ0v) is 14.5. The fraction of sp³-hybridized carbons (Fsp3) is 0.611. The number of aliphatic hydroxyl groups excluding tert-OH is 1. The maximum Gasteiger partial charge on any atom is 0.222 e. The van der Waals surface area contributed by atoms with Crippen molar-refractivity contribution in [2.75, 3.05) is 20.6 Å². The smallest absolute Gasteiger partial charge is 0.222 e. The molecule has 5 unspecified atom stereocenters. The highest BCUT2D eigenvalue weighted by Gasteiger charge is 2.50. The lowest BCUT2D eigenvalue weighted by Gasteiger charge is -2.22. The topological polar surface area (TPSA) is 71.0 Å². The average Bonchev–Trinajstić information content (AvgIpc) is 3.06. The number of halogens is 1. The minimum absolute atomic E-state index is 0.131. The molecule has 138 valence electrons. The fourth-order valence-electron chi connectivity index (χ4n) is 3.43. The number of ether oxygens (including phenoxy) is 2. The Bertz CT molecular complexity index is 595. The molecule has 1 aromatic rings.